The molecule has 0 saturated carbocycles. The minimum absolute atomic E-state index is 0.108. The van der Waals surface area contributed by atoms with Crippen LogP contribution < -0.4 is 27.0 Å². The first-order valence-electron chi connectivity index (χ1n) is 13.9. The van der Waals surface area contributed by atoms with Crippen LogP contribution in [0.1, 0.15) is 85.6 Å². The molecule has 0 bridgehead atoms. The summed E-state index contributed by atoms with van der Waals surface area (Å²) in [6.45, 7) is 11.4. The number of unbranched alkanes of at least 4 members (excludes halogenated alkanes) is 2. The van der Waals surface area contributed by atoms with Crippen LogP contribution in [0.3, 0.4) is 0 Å². The molecule has 0 fully saturated rings. The Morgan fingerprint density at radius 3 is 2.12 bits per heavy atom. The van der Waals surface area contributed by atoms with Crippen LogP contribution in [0, 0.1) is 11.3 Å². The lowest BCUT2D eigenvalue weighted by molar-refractivity contribution is -0.154. The molecule has 0 unspecified atom stereocenters. The second-order valence-electron chi connectivity index (χ2n) is 11.3. The van der Waals surface area contributed by atoms with Gasteiger partial charge in [-0.3, -0.25) is 19.2 Å². The van der Waals surface area contributed by atoms with E-state index in [1.54, 1.807) is 45.0 Å². The summed E-state index contributed by atoms with van der Waals surface area (Å²) < 4.78 is 5.32. The number of amides is 5. The van der Waals surface area contributed by atoms with Crippen LogP contribution in [0.4, 0.5) is 10.5 Å². The van der Waals surface area contributed by atoms with Crippen molar-refractivity contribution in [2.45, 2.75) is 98.8 Å². The molecule has 0 heterocycles. The summed E-state index contributed by atoms with van der Waals surface area (Å²) in [6.07, 6.45) is 3.60. The van der Waals surface area contributed by atoms with Gasteiger partial charge in [0.25, 0.3) is 0 Å². The summed E-state index contributed by atoms with van der Waals surface area (Å²) in [4.78, 5) is 61.7. The number of nitrogens with two attached hydrogens (primary N) is 1. The van der Waals surface area contributed by atoms with Crippen LogP contribution >= 0.6 is 0 Å². The molecule has 1 aromatic carbocycles. The average Bonchev–Trinajstić information content (AvgIpc) is 2.87. The average molecular weight is 562 g/mol. The molecule has 1 rings (SSSR count). The zero-order chi connectivity index (χ0) is 30.3. The van der Waals surface area contributed by atoms with E-state index >= 15 is 0 Å². The quantitative estimate of drug-likeness (QED) is 0.153. The van der Waals surface area contributed by atoms with Gasteiger partial charge in [-0.1, -0.05) is 45.7 Å². The SMILES string of the molecule is CCCCCC(=O)N[C@H](C(=O)N[C@@H](CCCNC(N)=O)C(=O)Nc1ccc(COC(=O)C(C)(C)C)cc1)C(C)C. The molecular weight excluding hydrogens is 514 g/mol. The third-order valence-corrected chi connectivity index (χ3v) is 6.08. The van der Waals surface area contributed by atoms with Crippen molar-refractivity contribution in [1.29, 1.82) is 0 Å². The highest BCUT2D eigenvalue weighted by molar-refractivity contribution is 5.98. The Hall–Kier alpha value is -3.63. The summed E-state index contributed by atoms with van der Waals surface area (Å²) in [7, 11) is 0. The van der Waals surface area contributed by atoms with Gasteiger partial charge in [0.2, 0.25) is 17.7 Å². The highest BCUT2D eigenvalue weighted by Crippen LogP contribution is 2.18. The lowest BCUT2D eigenvalue weighted by Crippen LogP contribution is -2.54. The summed E-state index contributed by atoms with van der Waals surface area (Å²) in [5.41, 5.74) is 5.77. The summed E-state index contributed by atoms with van der Waals surface area (Å²) in [5, 5.41) is 10.8. The van der Waals surface area contributed by atoms with Gasteiger partial charge in [0.15, 0.2) is 0 Å². The van der Waals surface area contributed by atoms with Gasteiger partial charge in [-0.25, -0.2) is 4.79 Å². The van der Waals surface area contributed by atoms with Gasteiger partial charge in [-0.15, -0.1) is 0 Å². The first-order chi connectivity index (χ1) is 18.7. The van der Waals surface area contributed by atoms with Crippen LogP contribution in [0.15, 0.2) is 24.3 Å². The van der Waals surface area contributed by atoms with Crippen molar-refractivity contribution in [3.63, 3.8) is 0 Å². The molecule has 11 heteroatoms. The number of hydrogen-bond acceptors (Lipinski definition) is 6. The van der Waals surface area contributed by atoms with Crippen LogP contribution in [-0.4, -0.2) is 48.4 Å². The van der Waals surface area contributed by atoms with E-state index in [1.165, 1.54) is 0 Å². The van der Waals surface area contributed by atoms with Gasteiger partial charge in [-0.05, 0) is 63.6 Å². The number of ether oxygens (including phenoxy) is 1. The smallest absolute Gasteiger partial charge is 0.312 e. The molecule has 0 aromatic heterocycles. The molecule has 11 nitrogen and oxygen atoms in total. The van der Waals surface area contributed by atoms with Gasteiger partial charge in [0.05, 0.1) is 5.41 Å². The fourth-order valence-electron chi connectivity index (χ4n) is 3.64. The summed E-state index contributed by atoms with van der Waals surface area (Å²) >= 11 is 0. The van der Waals surface area contributed by atoms with Crippen LogP contribution in [0.25, 0.3) is 0 Å². The number of hydrogen-bond donors (Lipinski definition) is 5. The second-order valence-corrected chi connectivity index (χ2v) is 11.3. The first kappa shape index (κ1) is 34.4. The van der Waals surface area contributed by atoms with E-state index in [2.05, 4.69) is 21.3 Å². The highest BCUT2D eigenvalue weighted by Gasteiger charge is 2.29. The predicted molar refractivity (Wildman–Crippen MR) is 154 cm³/mol. The molecule has 0 spiro atoms. The normalized spacial score (nSPS) is 12.7. The maximum absolute atomic E-state index is 13.2. The van der Waals surface area contributed by atoms with Gasteiger partial charge in [0, 0.05) is 18.7 Å². The lowest BCUT2D eigenvalue weighted by atomic mass is 9.97. The topological polar surface area (TPSA) is 169 Å². The van der Waals surface area contributed by atoms with E-state index in [4.69, 9.17) is 10.5 Å². The first-order valence-corrected chi connectivity index (χ1v) is 13.9. The highest BCUT2D eigenvalue weighted by atomic mass is 16.5. The van der Waals surface area contributed by atoms with E-state index in [0.717, 1.165) is 24.8 Å². The van der Waals surface area contributed by atoms with Crippen LogP contribution in [-0.2, 0) is 30.5 Å². The largest absolute Gasteiger partial charge is 0.460 e. The van der Waals surface area contributed by atoms with Crippen molar-refractivity contribution >= 4 is 35.4 Å². The van der Waals surface area contributed by atoms with Gasteiger partial charge >= 0.3 is 12.0 Å². The molecule has 0 aliphatic rings. The molecule has 224 valence electrons. The minimum Gasteiger partial charge on any atom is -0.460 e. The minimum atomic E-state index is -0.923. The summed E-state index contributed by atoms with van der Waals surface area (Å²) in [6, 6.07) is 4.43. The van der Waals surface area contributed by atoms with Crippen molar-refractivity contribution < 1.29 is 28.7 Å². The lowest BCUT2D eigenvalue weighted by Gasteiger charge is -2.25. The predicted octanol–water partition coefficient (Wildman–Crippen LogP) is 3.37. The van der Waals surface area contributed by atoms with E-state index in [0.29, 0.717) is 18.5 Å². The molecule has 40 heavy (non-hydrogen) atoms. The van der Waals surface area contributed by atoms with E-state index in [-0.39, 0.29) is 37.4 Å². The van der Waals surface area contributed by atoms with E-state index < -0.39 is 35.3 Å². The molecule has 0 aliphatic carbocycles. The Bertz CT molecular complexity index is 988. The number of nitrogens with one attached hydrogen (secondary N) is 4. The van der Waals surface area contributed by atoms with Gasteiger partial charge in [0.1, 0.15) is 18.7 Å². The number of carbonyl (C=O) groups is 5. The van der Waals surface area contributed by atoms with Crippen LogP contribution in [0.5, 0.6) is 0 Å². The number of anilines is 1. The number of carbonyl (C=O) groups excluding carboxylic acids is 5. The Morgan fingerprint density at radius 2 is 1.57 bits per heavy atom. The third kappa shape index (κ3) is 13.4. The zero-order valence-electron chi connectivity index (χ0n) is 24.7. The fraction of sp³-hybridized carbons (Fsp3) is 0.621. The molecule has 0 aliphatic heterocycles. The number of rotatable bonds is 16. The maximum atomic E-state index is 13.2. The van der Waals surface area contributed by atoms with Gasteiger partial charge < -0.3 is 31.7 Å². The molecule has 2 atom stereocenters. The fourth-order valence-corrected chi connectivity index (χ4v) is 3.64. The van der Waals surface area contributed by atoms with Crippen molar-refractivity contribution in [2.75, 3.05) is 11.9 Å². The molecular formula is C29H47N5O6. The maximum Gasteiger partial charge on any atom is 0.312 e. The number of primary amides is 1. The van der Waals surface area contributed by atoms with Crippen molar-refractivity contribution in [3.8, 4) is 0 Å². The Balaban J connectivity index is 2.89. The second kappa shape index (κ2) is 17.1. The molecule has 1 aromatic rings. The van der Waals surface area contributed by atoms with Crippen LogP contribution in [0.2, 0.25) is 0 Å². The number of urea groups is 1. The van der Waals surface area contributed by atoms with Crippen molar-refractivity contribution in [3.05, 3.63) is 29.8 Å². The van der Waals surface area contributed by atoms with Crippen molar-refractivity contribution in [2.24, 2.45) is 17.1 Å². The summed E-state index contributed by atoms with van der Waals surface area (Å²) in [5.74, 6) is -1.63. The number of benzene rings is 1. The standard InChI is InChI=1S/C29H47N5O6/c1-7-8-9-12-23(35)34-24(19(2)3)26(37)33-22(11-10-17-31-28(30)39)25(36)32-21-15-13-20(14-16-21)18-40-27(38)29(4,5)6/h13-16,19,22,24H,7-12,17-18H2,1-6H3,(H,32,36)(H,33,37)(H,34,35)(H3,30,31,39)/t22-,24-/m0/s1. The van der Waals surface area contributed by atoms with Gasteiger partial charge in [-0.2, -0.15) is 0 Å². The molecule has 0 saturated heterocycles. The zero-order valence-corrected chi connectivity index (χ0v) is 24.7. The number of esters is 1. The Morgan fingerprint density at radius 1 is 0.925 bits per heavy atom. The van der Waals surface area contributed by atoms with E-state index in [1.807, 2.05) is 20.8 Å². The third-order valence-electron chi connectivity index (χ3n) is 6.08. The Kier molecular flexibility index (Phi) is 14.7. The molecule has 6 N–H and O–H groups in total. The van der Waals surface area contributed by atoms with E-state index in [9.17, 15) is 24.0 Å². The molecule has 5 amide bonds. The molecule has 0 radical (unpaired) electrons. The Labute approximate surface area is 237 Å². The van der Waals surface area contributed by atoms with Crippen molar-refractivity contribution in [1.82, 2.24) is 16.0 Å². The monoisotopic (exact) mass is 561 g/mol.